The summed E-state index contributed by atoms with van der Waals surface area (Å²) in [7, 11) is 0. The summed E-state index contributed by atoms with van der Waals surface area (Å²) >= 11 is 0. The van der Waals surface area contributed by atoms with Gasteiger partial charge in [-0.3, -0.25) is 4.79 Å². The van der Waals surface area contributed by atoms with Crippen LogP contribution in [-0.2, 0) is 4.79 Å². The number of aryl methyl sites for hydroxylation is 1. The van der Waals surface area contributed by atoms with E-state index in [0.29, 0.717) is 0 Å². The van der Waals surface area contributed by atoms with Crippen LogP contribution in [0.5, 0.6) is 0 Å². The minimum Gasteiger partial charge on any atom is -0.366 e. The zero-order valence-corrected chi connectivity index (χ0v) is 12.7. The number of nitrogens with two attached hydrogens (primary N) is 1. The molecule has 2 N–H and O–H groups in total. The van der Waals surface area contributed by atoms with Crippen molar-refractivity contribution in [3.05, 3.63) is 53.1 Å². The van der Waals surface area contributed by atoms with E-state index >= 15 is 0 Å². The lowest BCUT2D eigenvalue weighted by molar-refractivity contribution is -0.113. The molecule has 2 rings (SSSR count). The number of hydrogen-bond acceptors (Lipinski definition) is 2. The van der Waals surface area contributed by atoms with E-state index in [1.165, 1.54) is 18.2 Å². The van der Waals surface area contributed by atoms with Gasteiger partial charge in [0.25, 0.3) is 0 Å². The predicted molar refractivity (Wildman–Crippen MR) is 82.6 cm³/mol. The molecule has 0 unspecified atom stereocenters. The Morgan fingerprint density at radius 2 is 1.81 bits per heavy atom. The molecule has 1 aromatic carbocycles. The second-order valence-corrected chi connectivity index (χ2v) is 4.21. The Balaban J connectivity index is 0.00000106. The summed E-state index contributed by atoms with van der Waals surface area (Å²) in [6.07, 6.45) is 2.94. The van der Waals surface area contributed by atoms with Gasteiger partial charge in [0.05, 0.1) is 11.4 Å². The highest BCUT2D eigenvalue weighted by atomic mass is 19.1. The molecule has 0 saturated heterocycles. The molecular weight excluding hydrogens is 269 g/mol. The van der Waals surface area contributed by atoms with E-state index in [4.69, 9.17) is 5.73 Å². The van der Waals surface area contributed by atoms with Crippen LogP contribution in [0.15, 0.2) is 30.3 Å². The van der Waals surface area contributed by atoms with E-state index in [1.54, 1.807) is 22.9 Å². The van der Waals surface area contributed by atoms with E-state index in [2.05, 4.69) is 5.10 Å². The average Bonchev–Trinajstić information content (AvgIpc) is 2.75. The minimum absolute atomic E-state index is 0.292. The van der Waals surface area contributed by atoms with Gasteiger partial charge in [0.1, 0.15) is 5.82 Å². The first kappa shape index (κ1) is 16.6. The SMILES string of the molecule is CC.Cc1nn(-c2ccc(F)cc2)c(C)c1/C=C/C(N)=O. The van der Waals surface area contributed by atoms with Crippen LogP contribution in [0.4, 0.5) is 4.39 Å². The Kier molecular flexibility index (Phi) is 5.84. The third-order valence-electron chi connectivity index (χ3n) is 2.83. The van der Waals surface area contributed by atoms with Crippen molar-refractivity contribution < 1.29 is 9.18 Å². The van der Waals surface area contributed by atoms with E-state index < -0.39 is 5.91 Å². The molecule has 21 heavy (non-hydrogen) atoms. The number of rotatable bonds is 3. The maximum atomic E-state index is 12.9. The molecular formula is C16H20FN3O. The minimum atomic E-state index is -0.506. The molecule has 1 heterocycles. The Hall–Kier alpha value is -2.43. The predicted octanol–water partition coefficient (Wildman–Crippen LogP) is 3.15. The number of carbonyl (C=O) groups is 1. The molecule has 0 aliphatic carbocycles. The van der Waals surface area contributed by atoms with Gasteiger partial charge in [-0.1, -0.05) is 13.8 Å². The standard InChI is InChI=1S/C14H14FN3O.C2H6/c1-9-13(7-8-14(16)19)10(2)18(17-9)12-5-3-11(15)4-6-12;1-2/h3-8H,1-2H3,(H2,16,19);1-2H3/b8-7+;. The number of benzene rings is 1. The number of nitrogens with zero attached hydrogens (tertiary/aromatic N) is 2. The van der Waals surface area contributed by atoms with Gasteiger partial charge in [-0.25, -0.2) is 9.07 Å². The zero-order valence-electron chi connectivity index (χ0n) is 12.7. The number of aromatic nitrogens is 2. The molecule has 1 aromatic heterocycles. The van der Waals surface area contributed by atoms with Gasteiger partial charge in [-0.05, 0) is 44.2 Å². The van der Waals surface area contributed by atoms with Gasteiger partial charge in [0.2, 0.25) is 5.91 Å². The first-order chi connectivity index (χ1) is 9.99. The highest BCUT2D eigenvalue weighted by Gasteiger charge is 2.10. The molecule has 112 valence electrons. The summed E-state index contributed by atoms with van der Waals surface area (Å²) in [4.78, 5) is 10.8. The molecule has 5 heteroatoms. The number of amides is 1. The Morgan fingerprint density at radius 1 is 1.24 bits per heavy atom. The lowest BCUT2D eigenvalue weighted by Crippen LogP contribution is -2.05. The fraction of sp³-hybridized carbons (Fsp3) is 0.250. The Morgan fingerprint density at radius 3 is 2.33 bits per heavy atom. The smallest absolute Gasteiger partial charge is 0.241 e. The van der Waals surface area contributed by atoms with E-state index in [0.717, 1.165) is 22.6 Å². The highest BCUT2D eigenvalue weighted by molar-refractivity contribution is 5.90. The number of primary amides is 1. The molecule has 2 aromatic rings. The first-order valence-corrected chi connectivity index (χ1v) is 6.78. The Bertz CT molecular complexity index is 642. The topological polar surface area (TPSA) is 60.9 Å². The molecule has 0 spiro atoms. The first-order valence-electron chi connectivity index (χ1n) is 6.78. The van der Waals surface area contributed by atoms with Crippen molar-refractivity contribution >= 4 is 12.0 Å². The fourth-order valence-electron chi connectivity index (χ4n) is 1.90. The van der Waals surface area contributed by atoms with Gasteiger partial charge in [-0.15, -0.1) is 0 Å². The second-order valence-electron chi connectivity index (χ2n) is 4.21. The lowest BCUT2D eigenvalue weighted by atomic mass is 10.2. The summed E-state index contributed by atoms with van der Waals surface area (Å²) in [5.41, 5.74) is 8.32. The average molecular weight is 289 g/mol. The lowest BCUT2D eigenvalue weighted by Gasteiger charge is -2.04. The van der Waals surface area contributed by atoms with Crippen LogP contribution in [0.1, 0.15) is 30.8 Å². The molecule has 0 aliphatic heterocycles. The van der Waals surface area contributed by atoms with Crippen molar-refractivity contribution in [2.45, 2.75) is 27.7 Å². The van der Waals surface area contributed by atoms with Crippen molar-refractivity contribution in [1.29, 1.82) is 0 Å². The number of carbonyl (C=O) groups excluding carboxylic acids is 1. The van der Waals surface area contributed by atoms with Gasteiger partial charge in [0.15, 0.2) is 0 Å². The van der Waals surface area contributed by atoms with Crippen LogP contribution in [0, 0.1) is 19.7 Å². The molecule has 0 saturated carbocycles. The van der Waals surface area contributed by atoms with Crippen molar-refractivity contribution in [1.82, 2.24) is 9.78 Å². The molecule has 0 fully saturated rings. The van der Waals surface area contributed by atoms with E-state index in [-0.39, 0.29) is 5.82 Å². The van der Waals surface area contributed by atoms with Crippen molar-refractivity contribution in [2.75, 3.05) is 0 Å². The van der Waals surface area contributed by atoms with Crippen LogP contribution < -0.4 is 5.73 Å². The molecule has 0 bridgehead atoms. The van der Waals surface area contributed by atoms with Crippen LogP contribution in [0.3, 0.4) is 0 Å². The molecule has 4 nitrogen and oxygen atoms in total. The molecule has 0 aliphatic rings. The summed E-state index contributed by atoms with van der Waals surface area (Å²) in [6.45, 7) is 7.72. The summed E-state index contributed by atoms with van der Waals surface area (Å²) in [6, 6.07) is 6.06. The maximum Gasteiger partial charge on any atom is 0.241 e. The van der Waals surface area contributed by atoms with Crippen LogP contribution in [0.2, 0.25) is 0 Å². The van der Waals surface area contributed by atoms with E-state index in [9.17, 15) is 9.18 Å². The normalized spacial score (nSPS) is 10.3. The monoisotopic (exact) mass is 289 g/mol. The molecule has 1 amide bonds. The van der Waals surface area contributed by atoms with Gasteiger partial charge >= 0.3 is 0 Å². The third-order valence-corrected chi connectivity index (χ3v) is 2.83. The molecule has 0 radical (unpaired) electrons. The van der Waals surface area contributed by atoms with Gasteiger partial charge in [-0.2, -0.15) is 5.10 Å². The third kappa shape index (κ3) is 4.02. The fourth-order valence-corrected chi connectivity index (χ4v) is 1.90. The van der Waals surface area contributed by atoms with Crippen LogP contribution >= 0.6 is 0 Å². The second kappa shape index (κ2) is 7.38. The number of hydrogen-bond donors (Lipinski definition) is 1. The van der Waals surface area contributed by atoms with Gasteiger partial charge in [0, 0.05) is 17.3 Å². The van der Waals surface area contributed by atoms with Gasteiger partial charge < -0.3 is 5.73 Å². The van der Waals surface area contributed by atoms with Crippen LogP contribution in [0.25, 0.3) is 11.8 Å². The summed E-state index contributed by atoms with van der Waals surface area (Å²) in [5.74, 6) is -0.799. The van der Waals surface area contributed by atoms with Crippen molar-refractivity contribution in [2.24, 2.45) is 5.73 Å². The number of halogens is 1. The summed E-state index contributed by atoms with van der Waals surface area (Å²) in [5, 5.41) is 4.38. The zero-order chi connectivity index (χ0) is 16.0. The van der Waals surface area contributed by atoms with Crippen LogP contribution in [-0.4, -0.2) is 15.7 Å². The highest BCUT2D eigenvalue weighted by Crippen LogP contribution is 2.19. The van der Waals surface area contributed by atoms with Crippen molar-refractivity contribution in [3.63, 3.8) is 0 Å². The Labute approximate surface area is 124 Å². The molecule has 0 atom stereocenters. The maximum absolute atomic E-state index is 12.9. The van der Waals surface area contributed by atoms with Crippen molar-refractivity contribution in [3.8, 4) is 5.69 Å². The summed E-state index contributed by atoms with van der Waals surface area (Å²) < 4.78 is 14.6. The quantitative estimate of drug-likeness (QED) is 0.882. The largest absolute Gasteiger partial charge is 0.366 e. The van der Waals surface area contributed by atoms with E-state index in [1.807, 2.05) is 27.7 Å².